The van der Waals surface area contributed by atoms with Crippen molar-refractivity contribution in [3.05, 3.63) is 75.1 Å². The van der Waals surface area contributed by atoms with Crippen LogP contribution in [0.1, 0.15) is 5.69 Å². The number of aromatic nitrogens is 4. The van der Waals surface area contributed by atoms with Gasteiger partial charge in [-0.05, 0) is 37.3 Å². The first-order valence-corrected chi connectivity index (χ1v) is 9.50. The van der Waals surface area contributed by atoms with Crippen LogP contribution in [-0.2, 0) is 11.8 Å². The number of hydrazone groups is 1. The van der Waals surface area contributed by atoms with Gasteiger partial charge in [0.15, 0.2) is 0 Å². The molecular weight excluding hydrogens is 412 g/mol. The van der Waals surface area contributed by atoms with E-state index in [1.807, 2.05) is 6.07 Å². The maximum Gasteiger partial charge on any atom is 0.323 e. The summed E-state index contributed by atoms with van der Waals surface area (Å²) in [5.74, 6) is -0.831. The van der Waals surface area contributed by atoms with Gasteiger partial charge in [0.25, 0.3) is 11.5 Å². The van der Waals surface area contributed by atoms with Crippen LogP contribution in [0.5, 0.6) is 0 Å². The summed E-state index contributed by atoms with van der Waals surface area (Å²) in [6.45, 7) is 1.69. The van der Waals surface area contributed by atoms with Crippen LogP contribution >= 0.6 is 0 Å². The van der Waals surface area contributed by atoms with Crippen LogP contribution in [0.4, 0.5) is 11.4 Å². The molecule has 0 saturated carbocycles. The topological polar surface area (TPSA) is 153 Å². The summed E-state index contributed by atoms with van der Waals surface area (Å²) in [5.41, 5.74) is 4.17. The molecule has 0 saturated heterocycles. The number of H-pyrrole nitrogens is 2. The summed E-state index contributed by atoms with van der Waals surface area (Å²) in [6, 6.07) is 15.6. The number of fused-ring (bicyclic) bond motifs is 1. The number of benzene rings is 2. The van der Waals surface area contributed by atoms with E-state index in [2.05, 4.69) is 25.8 Å². The Bertz CT molecular complexity index is 1510. The molecule has 160 valence electrons. The van der Waals surface area contributed by atoms with E-state index in [4.69, 9.17) is 0 Å². The highest BCUT2D eigenvalue weighted by molar-refractivity contribution is 6.48. The molecule has 0 aliphatic heterocycles. The van der Waals surface area contributed by atoms with E-state index >= 15 is 0 Å². The minimum atomic E-state index is -0.831. The van der Waals surface area contributed by atoms with E-state index < -0.39 is 17.2 Å². The second-order valence-corrected chi connectivity index (χ2v) is 6.91. The monoisotopic (exact) mass is 430 g/mol. The molecule has 11 heteroatoms. The predicted octanol–water partition coefficient (Wildman–Crippen LogP) is 1.58. The quantitative estimate of drug-likeness (QED) is 0.280. The van der Waals surface area contributed by atoms with Gasteiger partial charge in [0.05, 0.1) is 28.1 Å². The van der Waals surface area contributed by atoms with Crippen molar-refractivity contribution in [2.45, 2.75) is 6.92 Å². The van der Waals surface area contributed by atoms with Crippen LogP contribution in [0.25, 0.3) is 16.7 Å². The molecule has 32 heavy (non-hydrogen) atoms. The van der Waals surface area contributed by atoms with Crippen molar-refractivity contribution in [2.24, 2.45) is 12.1 Å². The first kappa shape index (κ1) is 20.4. The van der Waals surface area contributed by atoms with Gasteiger partial charge in [0, 0.05) is 7.05 Å². The van der Waals surface area contributed by atoms with Crippen molar-refractivity contribution in [1.82, 2.24) is 19.3 Å². The van der Waals surface area contributed by atoms with Gasteiger partial charge in [-0.15, -0.1) is 0 Å². The number of anilines is 2. The summed E-state index contributed by atoms with van der Waals surface area (Å²) in [7, 11) is 1.70. The Kier molecular flexibility index (Phi) is 5.18. The van der Waals surface area contributed by atoms with E-state index in [1.165, 1.54) is 4.68 Å². The molecule has 0 radical (unpaired) electrons. The molecular formula is C21H18N8O3. The number of amides is 1. The predicted molar refractivity (Wildman–Crippen MR) is 120 cm³/mol. The highest BCUT2D eigenvalue weighted by Crippen LogP contribution is 2.15. The number of imidazole rings is 1. The third-order valence-electron chi connectivity index (χ3n) is 4.93. The third-order valence-corrected chi connectivity index (χ3v) is 4.93. The number of hydrogen-bond acceptors (Lipinski definition) is 6. The number of aromatic amines is 2. The van der Waals surface area contributed by atoms with E-state index in [1.54, 1.807) is 67.2 Å². The van der Waals surface area contributed by atoms with Crippen LogP contribution in [-0.4, -0.2) is 31.0 Å². The molecule has 2 heterocycles. The number of nitriles is 1. The smallest absolute Gasteiger partial charge is 0.314 e. The van der Waals surface area contributed by atoms with E-state index in [9.17, 15) is 19.6 Å². The summed E-state index contributed by atoms with van der Waals surface area (Å²) in [4.78, 5) is 42.1. The van der Waals surface area contributed by atoms with Gasteiger partial charge in [-0.3, -0.25) is 19.7 Å². The molecule has 4 rings (SSSR count). The van der Waals surface area contributed by atoms with Gasteiger partial charge >= 0.3 is 5.69 Å². The SMILES string of the molecule is Cc1c(NC(=O)C(C#N)=NNc2ccc3[nH]c(=O)[nH]c3c2)c(=O)n(-c2ccccc2)n1C. The van der Waals surface area contributed by atoms with Crippen molar-refractivity contribution in [1.29, 1.82) is 5.26 Å². The fraction of sp³-hybridized carbons (Fsp3) is 0.0952. The molecule has 0 spiro atoms. The fourth-order valence-corrected chi connectivity index (χ4v) is 3.23. The van der Waals surface area contributed by atoms with Crippen LogP contribution in [0.2, 0.25) is 0 Å². The number of para-hydroxylation sites is 1. The van der Waals surface area contributed by atoms with Gasteiger partial charge in [-0.25, -0.2) is 9.48 Å². The maximum atomic E-state index is 12.9. The third kappa shape index (κ3) is 3.68. The second kappa shape index (κ2) is 8.11. The van der Waals surface area contributed by atoms with E-state index in [-0.39, 0.29) is 11.4 Å². The zero-order chi connectivity index (χ0) is 22.8. The average Bonchev–Trinajstić information content (AvgIpc) is 3.26. The van der Waals surface area contributed by atoms with Crippen molar-refractivity contribution in [3.63, 3.8) is 0 Å². The largest absolute Gasteiger partial charge is 0.323 e. The standard InChI is InChI=1S/C21H18N8O3/c1-12-18(20(31)29(28(12)2)14-6-4-3-5-7-14)25-19(30)17(11-22)27-26-13-8-9-15-16(10-13)24-21(32)23-15/h3-10,26H,1-2H3,(H,25,30)(H2,23,24,32). The molecule has 0 aliphatic carbocycles. The Balaban J connectivity index is 1.59. The number of nitrogens with zero attached hydrogens (tertiary/aromatic N) is 4. The van der Waals surface area contributed by atoms with Crippen LogP contribution < -0.4 is 22.0 Å². The molecule has 0 fully saturated rings. The van der Waals surface area contributed by atoms with Gasteiger partial charge in [0.1, 0.15) is 11.8 Å². The Morgan fingerprint density at radius 3 is 2.53 bits per heavy atom. The Labute approximate surface area is 180 Å². The van der Waals surface area contributed by atoms with Gasteiger partial charge in [-0.1, -0.05) is 18.2 Å². The molecule has 4 aromatic rings. The van der Waals surface area contributed by atoms with Crippen molar-refractivity contribution >= 4 is 34.0 Å². The van der Waals surface area contributed by atoms with Crippen molar-refractivity contribution in [3.8, 4) is 11.8 Å². The Morgan fingerprint density at radius 1 is 1.09 bits per heavy atom. The lowest BCUT2D eigenvalue weighted by Crippen LogP contribution is -2.27. The minimum absolute atomic E-state index is 0.0515. The number of carbonyl (C=O) groups excluding carboxylic acids is 1. The summed E-state index contributed by atoms with van der Waals surface area (Å²) in [5, 5.41) is 15.7. The highest BCUT2D eigenvalue weighted by atomic mass is 16.2. The van der Waals surface area contributed by atoms with Crippen molar-refractivity contribution in [2.75, 3.05) is 10.7 Å². The molecule has 0 aliphatic rings. The maximum absolute atomic E-state index is 12.9. The lowest BCUT2D eigenvalue weighted by atomic mass is 10.3. The van der Waals surface area contributed by atoms with Crippen LogP contribution in [0.15, 0.2) is 63.2 Å². The first-order valence-electron chi connectivity index (χ1n) is 9.50. The Morgan fingerprint density at radius 2 is 1.81 bits per heavy atom. The van der Waals surface area contributed by atoms with Crippen molar-refractivity contribution < 1.29 is 4.79 Å². The number of carbonyl (C=O) groups is 1. The Hall–Kier alpha value is -4.85. The summed E-state index contributed by atoms with van der Waals surface area (Å²) in [6.07, 6.45) is 0. The number of hydrogen-bond donors (Lipinski definition) is 4. The zero-order valence-electron chi connectivity index (χ0n) is 17.1. The van der Waals surface area contributed by atoms with Gasteiger partial charge < -0.3 is 15.3 Å². The molecule has 0 bridgehead atoms. The highest BCUT2D eigenvalue weighted by Gasteiger charge is 2.20. The second-order valence-electron chi connectivity index (χ2n) is 6.91. The summed E-state index contributed by atoms with van der Waals surface area (Å²) < 4.78 is 3.03. The molecule has 0 unspecified atom stereocenters. The first-order chi connectivity index (χ1) is 15.4. The lowest BCUT2D eigenvalue weighted by molar-refractivity contribution is -0.110. The van der Waals surface area contributed by atoms with Crippen LogP contribution in [0, 0.1) is 18.3 Å². The molecule has 1 amide bonds. The minimum Gasteiger partial charge on any atom is -0.314 e. The number of nitrogens with one attached hydrogen (secondary N) is 4. The number of rotatable bonds is 5. The van der Waals surface area contributed by atoms with Gasteiger partial charge in [-0.2, -0.15) is 10.4 Å². The van der Waals surface area contributed by atoms with Crippen LogP contribution in [0.3, 0.4) is 0 Å². The molecule has 4 N–H and O–H groups in total. The molecule has 2 aromatic heterocycles. The molecule has 11 nitrogen and oxygen atoms in total. The molecule has 0 atom stereocenters. The van der Waals surface area contributed by atoms with E-state index in [0.717, 1.165) is 0 Å². The lowest BCUT2D eigenvalue weighted by Gasteiger charge is -2.07. The molecule has 2 aromatic carbocycles. The average molecular weight is 430 g/mol. The fourth-order valence-electron chi connectivity index (χ4n) is 3.23. The summed E-state index contributed by atoms with van der Waals surface area (Å²) >= 11 is 0. The van der Waals surface area contributed by atoms with E-state index in [0.29, 0.717) is 28.1 Å². The zero-order valence-corrected chi connectivity index (χ0v) is 17.1. The normalized spacial score (nSPS) is 11.3. The van der Waals surface area contributed by atoms with Gasteiger partial charge in [0.2, 0.25) is 5.71 Å².